The average molecular weight is 347 g/mol. The van der Waals surface area contributed by atoms with Gasteiger partial charge in [-0.2, -0.15) is 4.98 Å². The third-order valence-electron chi connectivity index (χ3n) is 4.40. The Balaban J connectivity index is 1.66. The summed E-state index contributed by atoms with van der Waals surface area (Å²) in [5.74, 6) is 2.59. The van der Waals surface area contributed by atoms with Crippen molar-refractivity contribution in [3.05, 3.63) is 35.0 Å². The number of anilines is 2. The van der Waals surface area contributed by atoms with Gasteiger partial charge in [-0.15, -0.1) is 0 Å². The van der Waals surface area contributed by atoms with Crippen molar-refractivity contribution in [2.75, 3.05) is 30.4 Å². The van der Waals surface area contributed by atoms with E-state index in [9.17, 15) is 0 Å². The number of benzene rings is 1. The number of nitrogens with two attached hydrogens (primary N) is 1. The maximum Gasteiger partial charge on any atom is 0.223 e. The first-order valence-corrected chi connectivity index (χ1v) is 8.55. The zero-order valence-corrected chi connectivity index (χ0v) is 14.0. The minimum Gasteiger partial charge on any atom is -0.490 e. The van der Waals surface area contributed by atoms with E-state index in [4.69, 9.17) is 26.8 Å². The first-order chi connectivity index (χ1) is 11.7. The van der Waals surface area contributed by atoms with Crippen LogP contribution in [0.25, 0.3) is 0 Å². The zero-order valence-electron chi connectivity index (χ0n) is 13.2. The highest BCUT2D eigenvalue weighted by Gasteiger charge is 2.28. The van der Waals surface area contributed by atoms with Crippen molar-refractivity contribution in [1.29, 1.82) is 0 Å². The number of halogens is 1. The molecule has 6 nitrogen and oxygen atoms in total. The second kappa shape index (κ2) is 6.36. The van der Waals surface area contributed by atoms with E-state index in [-0.39, 0.29) is 12.0 Å². The van der Waals surface area contributed by atoms with Gasteiger partial charge in [0.25, 0.3) is 0 Å². The molecule has 0 aliphatic carbocycles. The first kappa shape index (κ1) is 15.3. The number of hydrogen-bond donors (Lipinski definition) is 1. The summed E-state index contributed by atoms with van der Waals surface area (Å²) >= 11 is 6.04. The number of ether oxygens (including phenoxy) is 2. The van der Waals surface area contributed by atoms with E-state index in [0.29, 0.717) is 18.4 Å². The van der Waals surface area contributed by atoms with Gasteiger partial charge in [0.1, 0.15) is 11.0 Å². The van der Waals surface area contributed by atoms with Crippen LogP contribution >= 0.6 is 11.6 Å². The Labute approximate surface area is 145 Å². The number of hydrogen-bond acceptors (Lipinski definition) is 6. The lowest BCUT2D eigenvalue weighted by molar-refractivity contribution is 0.297. The van der Waals surface area contributed by atoms with Crippen LogP contribution in [0.5, 0.6) is 11.5 Å². The lowest BCUT2D eigenvalue weighted by Crippen LogP contribution is -2.24. The molecule has 0 saturated carbocycles. The maximum atomic E-state index is 6.04. The SMILES string of the molecule is Nc1nc(Cl)cc(N2CCCC2c2ccc3c(c2)OCCCO3)n1. The van der Waals surface area contributed by atoms with Gasteiger partial charge < -0.3 is 20.1 Å². The molecule has 3 heterocycles. The molecule has 2 N–H and O–H groups in total. The average Bonchev–Trinajstić information content (AvgIpc) is 2.93. The van der Waals surface area contributed by atoms with Crippen molar-refractivity contribution in [1.82, 2.24) is 9.97 Å². The Bertz CT molecular complexity index is 735. The second-order valence-corrected chi connectivity index (χ2v) is 6.40. The molecule has 0 bridgehead atoms. The van der Waals surface area contributed by atoms with Crippen LogP contribution in [-0.2, 0) is 0 Å². The van der Waals surface area contributed by atoms with Crippen molar-refractivity contribution in [3.63, 3.8) is 0 Å². The van der Waals surface area contributed by atoms with Gasteiger partial charge >= 0.3 is 0 Å². The Morgan fingerprint density at radius 1 is 1.08 bits per heavy atom. The normalized spacial score (nSPS) is 20.0. The first-order valence-electron chi connectivity index (χ1n) is 8.17. The quantitative estimate of drug-likeness (QED) is 0.842. The monoisotopic (exact) mass is 346 g/mol. The molecule has 0 amide bonds. The van der Waals surface area contributed by atoms with E-state index in [1.54, 1.807) is 6.07 Å². The molecule has 2 aliphatic heterocycles. The van der Waals surface area contributed by atoms with Gasteiger partial charge in [-0.05, 0) is 30.5 Å². The summed E-state index contributed by atoms with van der Waals surface area (Å²) in [6, 6.07) is 8.15. The van der Waals surface area contributed by atoms with Gasteiger partial charge in [-0.25, -0.2) is 4.98 Å². The summed E-state index contributed by atoms with van der Waals surface area (Å²) in [5.41, 5.74) is 6.94. The Morgan fingerprint density at radius 2 is 1.92 bits per heavy atom. The third kappa shape index (κ3) is 2.94. The summed E-state index contributed by atoms with van der Waals surface area (Å²) in [5, 5.41) is 0.363. The molecule has 0 spiro atoms. The Morgan fingerprint density at radius 3 is 2.75 bits per heavy atom. The fourth-order valence-corrected chi connectivity index (χ4v) is 3.53. The van der Waals surface area contributed by atoms with Crippen LogP contribution < -0.4 is 20.1 Å². The summed E-state index contributed by atoms with van der Waals surface area (Å²) in [6.07, 6.45) is 3.03. The third-order valence-corrected chi connectivity index (χ3v) is 4.60. The van der Waals surface area contributed by atoms with Crippen molar-refractivity contribution < 1.29 is 9.47 Å². The smallest absolute Gasteiger partial charge is 0.223 e. The zero-order chi connectivity index (χ0) is 16.5. The van der Waals surface area contributed by atoms with Crippen LogP contribution in [0.2, 0.25) is 5.15 Å². The van der Waals surface area contributed by atoms with Gasteiger partial charge in [0.05, 0.1) is 19.3 Å². The van der Waals surface area contributed by atoms with Crippen LogP contribution in [-0.4, -0.2) is 29.7 Å². The largest absolute Gasteiger partial charge is 0.490 e. The lowest BCUT2D eigenvalue weighted by Gasteiger charge is -2.26. The second-order valence-electron chi connectivity index (χ2n) is 6.02. The predicted molar refractivity (Wildman–Crippen MR) is 92.8 cm³/mol. The van der Waals surface area contributed by atoms with Crippen LogP contribution in [0, 0.1) is 0 Å². The molecule has 1 aromatic heterocycles. The molecule has 0 radical (unpaired) electrons. The van der Waals surface area contributed by atoms with Crippen molar-refractivity contribution in [3.8, 4) is 11.5 Å². The highest BCUT2D eigenvalue weighted by Crippen LogP contribution is 2.39. The molecular weight excluding hydrogens is 328 g/mol. The molecule has 2 aliphatic rings. The topological polar surface area (TPSA) is 73.5 Å². The van der Waals surface area contributed by atoms with E-state index < -0.39 is 0 Å². The fraction of sp³-hybridized carbons (Fsp3) is 0.412. The Hall–Kier alpha value is -2.21. The van der Waals surface area contributed by atoms with Crippen LogP contribution in [0.15, 0.2) is 24.3 Å². The molecular formula is C17H19ClN4O2. The summed E-state index contributed by atoms with van der Waals surface area (Å²) in [4.78, 5) is 10.5. The van der Waals surface area contributed by atoms with Crippen molar-refractivity contribution in [2.45, 2.75) is 25.3 Å². The van der Waals surface area contributed by atoms with Gasteiger partial charge in [-0.3, -0.25) is 0 Å². The fourth-order valence-electron chi connectivity index (χ4n) is 3.34. The highest BCUT2D eigenvalue weighted by molar-refractivity contribution is 6.29. The van der Waals surface area contributed by atoms with Crippen molar-refractivity contribution >= 4 is 23.4 Å². The lowest BCUT2D eigenvalue weighted by atomic mass is 10.0. The van der Waals surface area contributed by atoms with E-state index in [1.165, 1.54) is 5.56 Å². The number of rotatable bonds is 2. The maximum absolute atomic E-state index is 6.04. The number of nitrogens with zero attached hydrogens (tertiary/aromatic N) is 3. The van der Waals surface area contributed by atoms with Crippen LogP contribution in [0.1, 0.15) is 30.9 Å². The molecule has 4 rings (SSSR count). The summed E-state index contributed by atoms with van der Waals surface area (Å²) in [7, 11) is 0. The predicted octanol–water partition coefficient (Wildman–Crippen LogP) is 3.22. The van der Waals surface area contributed by atoms with Crippen LogP contribution in [0.4, 0.5) is 11.8 Å². The van der Waals surface area contributed by atoms with E-state index in [0.717, 1.165) is 43.1 Å². The molecule has 2 aromatic rings. The number of nitrogen functional groups attached to an aromatic ring is 1. The minimum atomic E-state index is 0.196. The molecule has 1 unspecified atom stereocenters. The minimum absolute atomic E-state index is 0.196. The van der Waals surface area contributed by atoms with Gasteiger partial charge in [-0.1, -0.05) is 17.7 Å². The molecule has 1 atom stereocenters. The number of aromatic nitrogens is 2. The molecule has 126 valence electrons. The van der Waals surface area contributed by atoms with Gasteiger partial charge in [0.2, 0.25) is 5.95 Å². The number of fused-ring (bicyclic) bond motifs is 1. The molecule has 1 aromatic carbocycles. The Kier molecular flexibility index (Phi) is 4.06. The van der Waals surface area contributed by atoms with E-state index in [2.05, 4.69) is 27.0 Å². The van der Waals surface area contributed by atoms with Crippen molar-refractivity contribution in [2.24, 2.45) is 0 Å². The molecule has 1 saturated heterocycles. The summed E-state index contributed by atoms with van der Waals surface area (Å²) < 4.78 is 11.5. The van der Waals surface area contributed by atoms with Gasteiger partial charge in [0, 0.05) is 19.0 Å². The molecule has 24 heavy (non-hydrogen) atoms. The summed E-state index contributed by atoms with van der Waals surface area (Å²) in [6.45, 7) is 2.29. The van der Waals surface area contributed by atoms with Gasteiger partial charge in [0.15, 0.2) is 11.5 Å². The van der Waals surface area contributed by atoms with Crippen LogP contribution in [0.3, 0.4) is 0 Å². The molecule has 1 fully saturated rings. The highest BCUT2D eigenvalue weighted by atomic mass is 35.5. The van der Waals surface area contributed by atoms with E-state index in [1.807, 2.05) is 6.07 Å². The standard InChI is InChI=1S/C17H19ClN4O2/c18-15-10-16(21-17(19)20-15)22-6-1-3-12(22)11-4-5-13-14(9-11)24-8-2-7-23-13/h4-5,9-10,12H,1-3,6-8H2,(H2,19,20,21). The van der Waals surface area contributed by atoms with E-state index >= 15 is 0 Å². The molecule has 7 heteroatoms.